The standard InChI is InChI=1S/C30H24ClN3O/c1-19-29(22-9-13-25(31)14-10-22)30-32-27(24-8-7-20-5-3-4-6-23(20)17-24)18-28(34(30)33-19)21-11-15-26(35-2)16-12-21/h3-17,28H,18H2,1-2H3/t28-/m1/s1. The molecule has 35 heavy (non-hydrogen) atoms. The monoisotopic (exact) mass is 477 g/mol. The summed E-state index contributed by atoms with van der Waals surface area (Å²) in [5.74, 6) is 1.71. The number of aliphatic imine (C=N–C) groups is 1. The van der Waals surface area contributed by atoms with Crippen LogP contribution in [0.25, 0.3) is 21.9 Å². The summed E-state index contributed by atoms with van der Waals surface area (Å²) in [7, 11) is 1.69. The molecule has 1 atom stereocenters. The first-order chi connectivity index (χ1) is 17.1. The summed E-state index contributed by atoms with van der Waals surface area (Å²) in [6.45, 7) is 2.05. The van der Waals surface area contributed by atoms with Crippen molar-refractivity contribution in [1.82, 2.24) is 9.78 Å². The van der Waals surface area contributed by atoms with Crippen molar-refractivity contribution in [3.05, 3.63) is 113 Å². The van der Waals surface area contributed by atoms with E-state index in [9.17, 15) is 0 Å². The highest BCUT2D eigenvalue weighted by molar-refractivity contribution is 6.30. The van der Waals surface area contributed by atoms with Crippen molar-refractivity contribution in [3.63, 3.8) is 0 Å². The van der Waals surface area contributed by atoms with E-state index in [4.69, 9.17) is 26.4 Å². The van der Waals surface area contributed by atoms with Crippen LogP contribution in [0.5, 0.6) is 5.75 Å². The predicted octanol–water partition coefficient (Wildman–Crippen LogP) is 7.79. The Morgan fingerprint density at radius 2 is 1.57 bits per heavy atom. The SMILES string of the molecule is COc1ccc([C@H]2CC(c3ccc4ccccc4c3)=Nc3c(-c4ccc(Cl)cc4)c(C)nn32)cc1. The van der Waals surface area contributed by atoms with Gasteiger partial charge in [-0.3, -0.25) is 0 Å². The number of rotatable bonds is 4. The van der Waals surface area contributed by atoms with Crippen molar-refractivity contribution in [2.24, 2.45) is 4.99 Å². The van der Waals surface area contributed by atoms with Crippen molar-refractivity contribution >= 4 is 33.9 Å². The predicted molar refractivity (Wildman–Crippen MR) is 143 cm³/mol. The van der Waals surface area contributed by atoms with Gasteiger partial charge in [0.05, 0.1) is 24.6 Å². The Labute approximate surface area is 209 Å². The first kappa shape index (κ1) is 21.6. The summed E-state index contributed by atoms with van der Waals surface area (Å²) in [4.78, 5) is 5.21. The molecule has 1 aliphatic rings. The van der Waals surface area contributed by atoms with E-state index < -0.39 is 0 Å². The van der Waals surface area contributed by atoms with Crippen molar-refractivity contribution in [2.75, 3.05) is 7.11 Å². The van der Waals surface area contributed by atoms with Crippen LogP contribution < -0.4 is 4.74 Å². The van der Waals surface area contributed by atoms with Gasteiger partial charge in [0, 0.05) is 17.0 Å². The number of aryl methyl sites for hydroxylation is 1. The molecule has 4 aromatic carbocycles. The minimum absolute atomic E-state index is 0.0228. The Morgan fingerprint density at radius 1 is 0.857 bits per heavy atom. The molecule has 0 spiro atoms. The van der Waals surface area contributed by atoms with Crippen molar-refractivity contribution in [2.45, 2.75) is 19.4 Å². The van der Waals surface area contributed by atoms with Gasteiger partial charge in [0.1, 0.15) is 5.75 Å². The van der Waals surface area contributed by atoms with Gasteiger partial charge in [-0.25, -0.2) is 9.67 Å². The second-order valence-electron chi connectivity index (χ2n) is 8.85. The number of halogens is 1. The zero-order valence-electron chi connectivity index (χ0n) is 19.6. The number of methoxy groups -OCH3 is 1. The molecule has 1 aromatic heterocycles. The third kappa shape index (κ3) is 3.90. The Kier molecular flexibility index (Phi) is 5.39. The molecule has 0 saturated carbocycles. The molecule has 0 amide bonds. The van der Waals surface area contributed by atoms with E-state index in [-0.39, 0.29) is 6.04 Å². The highest BCUT2D eigenvalue weighted by Crippen LogP contribution is 2.42. The molecule has 4 nitrogen and oxygen atoms in total. The first-order valence-corrected chi connectivity index (χ1v) is 12.0. The fourth-order valence-corrected chi connectivity index (χ4v) is 5.02. The fourth-order valence-electron chi connectivity index (χ4n) is 4.89. The Hall–Kier alpha value is -3.89. The minimum Gasteiger partial charge on any atom is -0.497 e. The highest BCUT2D eigenvalue weighted by Gasteiger charge is 2.29. The fraction of sp³-hybridized carbons (Fsp3) is 0.133. The lowest BCUT2D eigenvalue weighted by Crippen LogP contribution is -2.21. The van der Waals surface area contributed by atoms with E-state index >= 15 is 0 Å². The third-order valence-corrected chi connectivity index (χ3v) is 6.95. The van der Waals surface area contributed by atoms with Crippen LogP contribution in [0.2, 0.25) is 5.02 Å². The van der Waals surface area contributed by atoms with Crippen molar-refractivity contribution in [3.8, 4) is 16.9 Å². The van der Waals surface area contributed by atoms with Crippen LogP contribution in [-0.2, 0) is 0 Å². The largest absolute Gasteiger partial charge is 0.497 e. The number of hydrogen-bond donors (Lipinski definition) is 0. The molecule has 5 heteroatoms. The zero-order valence-corrected chi connectivity index (χ0v) is 20.3. The van der Waals surface area contributed by atoms with Gasteiger partial charge in [-0.15, -0.1) is 0 Å². The van der Waals surface area contributed by atoms with Gasteiger partial charge in [0.2, 0.25) is 0 Å². The number of fused-ring (bicyclic) bond motifs is 2. The van der Waals surface area contributed by atoms with Gasteiger partial charge < -0.3 is 4.74 Å². The number of benzene rings is 4. The topological polar surface area (TPSA) is 39.4 Å². The molecule has 0 unspecified atom stereocenters. The number of nitrogens with zero attached hydrogens (tertiary/aromatic N) is 3. The number of aromatic nitrogens is 2. The molecule has 0 N–H and O–H groups in total. The second kappa shape index (κ2) is 8.71. The van der Waals surface area contributed by atoms with Crippen molar-refractivity contribution < 1.29 is 4.74 Å². The summed E-state index contributed by atoms with van der Waals surface area (Å²) < 4.78 is 7.47. The Morgan fingerprint density at radius 3 is 2.31 bits per heavy atom. The van der Waals surface area contributed by atoms with Gasteiger partial charge in [-0.05, 0) is 64.7 Å². The molecule has 1 aliphatic heterocycles. The summed E-state index contributed by atoms with van der Waals surface area (Å²) >= 11 is 6.18. The quantitative estimate of drug-likeness (QED) is 0.265. The summed E-state index contributed by atoms with van der Waals surface area (Å²) in [6, 6.07) is 31.2. The Balaban J connectivity index is 1.54. The lowest BCUT2D eigenvalue weighted by Gasteiger charge is -2.25. The van der Waals surface area contributed by atoms with Gasteiger partial charge in [0.15, 0.2) is 5.82 Å². The average molecular weight is 478 g/mol. The maximum Gasteiger partial charge on any atom is 0.159 e. The van der Waals surface area contributed by atoms with Crippen LogP contribution in [0.15, 0.2) is 96.0 Å². The molecular formula is C30H24ClN3O. The van der Waals surface area contributed by atoms with Crippen LogP contribution in [-0.4, -0.2) is 22.6 Å². The minimum atomic E-state index is 0.0228. The van der Waals surface area contributed by atoms with Gasteiger partial charge in [-0.1, -0.05) is 72.3 Å². The van der Waals surface area contributed by atoms with Crippen LogP contribution in [0.4, 0.5) is 5.82 Å². The summed E-state index contributed by atoms with van der Waals surface area (Å²) in [5.41, 5.74) is 6.41. The molecular weight excluding hydrogens is 454 g/mol. The maximum atomic E-state index is 6.18. The number of hydrogen-bond acceptors (Lipinski definition) is 3. The van der Waals surface area contributed by atoms with E-state index in [2.05, 4.69) is 59.3 Å². The summed E-state index contributed by atoms with van der Waals surface area (Å²) in [5, 5.41) is 8.12. The smallest absolute Gasteiger partial charge is 0.159 e. The van der Waals surface area contributed by atoms with Gasteiger partial charge in [-0.2, -0.15) is 5.10 Å². The van der Waals surface area contributed by atoms with Crippen LogP contribution in [0.3, 0.4) is 0 Å². The molecule has 172 valence electrons. The Bertz CT molecular complexity index is 1570. The molecule has 0 aliphatic carbocycles. The molecule has 0 saturated heterocycles. The van der Waals surface area contributed by atoms with Gasteiger partial charge in [0.25, 0.3) is 0 Å². The molecule has 0 fully saturated rings. The van der Waals surface area contributed by atoms with E-state index in [0.29, 0.717) is 5.02 Å². The first-order valence-electron chi connectivity index (χ1n) is 11.7. The number of ether oxygens (including phenoxy) is 1. The van der Waals surface area contributed by atoms with E-state index in [1.54, 1.807) is 7.11 Å². The zero-order chi connectivity index (χ0) is 23.9. The average Bonchev–Trinajstić information content (AvgIpc) is 3.24. The normalized spacial score (nSPS) is 15.1. The third-order valence-electron chi connectivity index (χ3n) is 6.70. The molecule has 0 bridgehead atoms. The molecule has 2 heterocycles. The van der Waals surface area contributed by atoms with Crippen molar-refractivity contribution in [1.29, 1.82) is 0 Å². The van der Waals surface area contributed by atoms with Gasteiger partial charge >= 0.3 is 0 Å². The maximum absolute atomic E-state index is 6.18. The van der Waals surface area contributed by atoms with Crippen LogP contribution >= 0.6 is 11.6 Å². The summed E-state index contributed by atoms with van der Waals surface area (Å²) in [6.07, 6.45) is 0.749. The van der Waals surface area contributed by atoms with E-state index in [0.717, 1.165) is 46.1 Å². The van der Waals surface area contributed by atoms with Crippen LogP contribution in [0, 0.1) is 6.92 Å². The van der Waals surface area contributed by atoms with E-state index in [1.165, 1.54) is 16.3 Å². The highest BCUT2D eigenvalue weighted by atomic mass is 35.5. The molecule has 6 rings (SSSR count). The lowest BCUT2D eigenvalue weighted by atomic mass is 9.94. The van der Waals surface area contributed by atoms with E-state index in [1.807, 2.05) is 43.3 Å². The second-order valence-corrected chi connectivity index (χ2v) is 9.29. The molecule has 5 aromatic rings. The molecule has 0 radical (unpaired) electrons. The lowest BCUT2D eigenvalue weighted by molar-refractivity contribution is 0.414. The van der Waals surface area contributed by atoms with Crippen LogP contribution in [0.1, 0.15) is 29.3 Å².